The Balaban J connectivity index is 1.46. The number of oxazole rings is 1. The molecule has 3 rings (SSSR count). The van der Waals surface area contributed by atoms with Crippen LogP contribution in [0.3, 0.4) is 0 Å². The molecule has 0 aliphatic rings. The standard InChI is InChI=1S/C22H22N2O5/c25-18(13-16-7-3-1-4-8-16)21(26)23-12-11-19-20(24-15-29-19)22(27)28-14-17-9-5-2-6-10-17/h1-10,15,18,25H,11-14H2,(H,23,26)/t18-/m1/s1. The number of carbonyl (C=O) groups excluding carboxylic acids is 2. The highest BCUT2D eigenvalue weighted by Crippen LogP contribution is 2.11. The second-order valence-electron chi connectivity index (χ2n) is 6.43. The van der Waals surface area contributed by atoms with Crippen molar-refractivity contribution in [2.24, 2.45) is 0 Å². The van der Waals surface area contributed by atoms with Crippen molar-refractivity contribution < 1.29 is 23.8 Å². The van der Waals surface area contributed by atoms with Crippen molar-refractivity contribution >= 4 is 11.9 Å². The van der Waals surface area contributed by atoms with Gasteiger partial charge >= 0.3 is 5.97 Å². The molecule has 0 aliphatic carbocycles. The van der Waals surface area contributed by atoms with Gasteiger partial charge in [0.2, 0.25) is 5.91 Å². The third-order valence-electron chi connectivity index (χ3n) is 4.27. The molecule has 0 saturated heterocycles. The van der Waals surface area contributed by atoms with Gasteiger partial charge in [0.1, 0.15) is 18.5 Å². The number of nitrogens with one attached hydrogen (secondary N) is 1. The Bertz CT molecular complexity index is 925. The molecule has 150 valence electrons. The molecule has 29 heavy (non-hydrogen) atoms. The summed E-state index contributed by atoms with van der Waals surface area (Å²) in [6.45, 7) is 0.327. The van der Waals surface area contributed by atoms with Gasteiger partial charge in [-0.15, -0.1) is 0 Å². The molecule has 0 unspecified atom stereocenters. The molecule has 0 saturated carbocycles. The van der Waals surface area contributed by atoms with Gasteiger partial charge in [-0.05, 0) is 11.1 Å². The molecule has 7 heteroatoms. The van der Waals surface area contributed by atoms with Crippen molar-refractivity contribution in [2.45, 2.75) is 25.6 Å². The Hall–Kier alpha value is -3.45. The van der Waals surface area contributed by atoms with Crippen LogP contribution in [0.2, 0.25) is 0 Å². The Labute approximate surface area is 168 Å². The van der Waals surface area contributed by atoms with E-state index >= 15 is 0 Å². The number of aromatic nitrogens is 1. The van der Waals surface area contributed by atoms with Gasteiger partial charge in [-0.3, -0.25) is 4.79 Å². The summed E-state index contributed by atoms with van der Waals surface area (Å²) >= 11 is 0. The third kappa shape index (κ3) is 6.02. The average molecular weight is 394 g/mol. The van der Waals surface area contributed by atoms with Crippen molar-refractivity contribution in [3.8, 4) is 0 Å². The lowest BCUT2D eigenvalue weighted by molar-refractivity contribution is -0.129. The van der Waals surface area contributed by atoms with Gasteiger partial charge in [0.15, 0.2) is 12.1 Å². The zero-order valence-corrected chi connectivity index (χ0v) is 15.8. The molecule has 7 nitrogen and oxygen atoms in total. The zero-order valence-electron chi connectivity index (χ0n) is 15.8. The van der Waals surface area contributed by atoms with Gasteiger partial charge in [0.25, 0.3) is 0 Å². The van der Waals surface area contributed by atoms with E-state index in [4.69, 9.17) is 9.15 Å². The summed E-state index contributed by atoms with van der Waals surface area (Å²) in [6, 6.07) is 18.6. The maximum Gasteiger partial charge on any atom is 0.360 e. The molecule has 0 aliphatic heterocycles. The van der Waals surface area contributed by atoms with E-state index in [1.54, 1.807) is 0 Å². The Morgan fingerprint density at radius 2 is 1.69 bits per heavy atom. The van der Waals surface area contributed by atoms with Crippen LogP contribution in [-0.4, -0.2) is 34.6 Å². The highest BCUT2D eigenvalue weighted by atomic mass is 16.5. The van der Waals surface area contributed by atoms with Crippen LogP contribution in [0.1, 0.15) is 27.4 Å². The first-order valence-electron chi connectivity index (χ1n) is 9.26. The molecule has 1 amide bonds. The second kappa shape index (κ2) is 10.2. The number of benzene rings is 2. The Morgan fingerprint density at radius 1 is 1.03 bits per heavy atom. The fraction of sp³-hybridized carbons (Fsp3) is 0.227. The molecule has 0 fully saturated rings. The van der Waals surface area contributed by atoms with E-state index in [9.17, 15) is 14.7 Å². The van der Waals surface area contributed by atoms with Crippen LogP contribution in [0.4, 0.5) is 0 Å². The molecule has 0 spiro atoms. The summed E-state index contributed by atoms with van der Waals surface area (Å²) in [5.74, 6) is -0.754. The van der Waals surface area contributed by atoms with Crippen molar-refractivity contribution in [3.63, 3.8) is 0 Å². The highest BCUT2D eigenvalue weighted by Gasteiger charge is 2.19. The molecule has 0 radical (unpaired) electrons. The monoisotopic (exact) mass is 394 g/mol. The Kier molecular flexibility index (Phi) is 7.13. The summed E-state index contributed by atoms with van der Waals surface area (Å²) in [4.78, 5) is 28.2. The van der Waals surface area contributed by atoms with E-state index in [0.29, 0.717) is 5.76 Å². The average Bonchev–Trinajstić information content (AvgIpc) is 3.22. The van der Waals surface area contributed by atoms with Crippen LogP contribution >= 0.6 is 0 Å². The maximum atomic E-state index is 12.2. The first-order chi connectivity index (χ1) is 14.1. The van der Waals surface area contributed by atoms with Crippen molar-refractivity contribution in [1.29, 1.82) is 0 Å². The van der Waals surface area contributed by atoms with E-state index in [1.165, 1.54) is 6.39 Å². The summed E-state index contributed by atoms with van der Waals surface area (Å²) in [6.07, 6.45) is 0.494. The molecule has 1 atom stereocenters. The summed E-state index contributed by atoms with van der Waals surface area (Å²) in [5.41, 5.74) is 1.82. The van der Waals surface area contributed by atoms with E-state index < -0.39 is 18.0 Å². The van der Waals surface area contributed by atoms with E-state index in [0.717, 1.165) is 11.1 Å². The normalized spacial score (nSPS) is 11.6. The lowest BCUT2D eigenvalue weighted by Gasteiger charge is -2.11. The molecule has 3 aromatic rings. The second-order valence-corrected chi connectivity index (χ2v) is 6.43. The van der Waals surface area contributed by atoms with Crippen LogP contribution in [-0.2, 0) is 29.0 Å². The number of esters is 1. The van der Waals surface area contributed by atoms with Gasteiger partial charge in [0, 0.05) is 19.4 Å². The summed E-state index contributed by atoms with van der Waals surface area (Å²) in [7, 11) is 0. The SMILES string of the molecule is O=C(OCc1ccccc1)c1ncoc1CCNC(=O)[C@H](O)Cc1ccccc1. The number of nitrogens with zero attached hydrogens (tertiary/aromatic N) is 1. The van der Waals surface area contributed by atoms with Gasteiger partial charge in [-0.2, -0.15) is 0 Å². The third-order valence-corrected chi connectivity index (χ3v) is 4.27. The number of rotatable bonds is 9. The molecule has 0 bridgehead atoms. The van der Waals surface area contributed by atoms with Gasteiger partial charge in [-0.1, -0.05) is 60.7 Å². The molecule has 1 aromatic heterocycles. The summed E-state index contributed by atoms with van der Waals surface area (Å²) < 4.78 is 10.5. The molecular formula is C22H22N2O5. The molecular weight excluding hydrogens is 372 g/mol. The Morgan fingerprint density at radius 3 is 2.38 bits per heavy atom. The minimum absolute atomic E-state index is 0.0833. The van der Waals surface area contributed by atoms with Crippen molar-refractivity contribution in [3.05, 3.63) is 89.6 Å². The first-order valence-corrected chi connectivity index (χ1v) is 9.26. The summed E-state index contributed by atoms with van der Waals surface area (Å²) in [5, 5.41) is 12.7. The van der Waals surface area contributed by atoms with Gasteiger partial charge in [0.05, 0.1) is 0 Å². The minimum atomic E-state index is -1.15. The lowest BCUT2D eigenvalue weighted by atomic mass is 10.1. The largest absolute Gasteiger partial charge is 0.456 e. The van der Waals surface area contributed by atoms with E-state index in [2.05, 4.69) is 10.3 Å². The van der Waals surface area contributed by atoms with Gasteiger partial charge in [-0.25, -0.2) is 9.78 Å². The van der Waals surface area contributed by atoms with Crippen LogP contribution in [0, 0.1) is 0 Å². The topological polar surface area (TPSA) is 102 Å². The van der Waals surface area contributed by atoms with Crippen LogP contribution in [0.25, 0.3) is 0 Å². The number of amides is 1. The number of aliphatic hydroxyl groups excluding tert-OH is 1. The van der Waals surface area contributed by atoms with E-state index in [-0.39, 0.29) is 31.7 Å². The van der Waals surface area contributed by atoms with Gasteiger partial charge < -0.3 is 19.6 Å². The number of aliphatic hydroxyl groups is 1. The van der Waals surface area contributed by atoms with Crippen LogP contribution in [0.15, 0.2) is 71.5 Å². The highest BCUT2D eigenvalue weighted by molar-refractivity contribution is 5.88. The fourth-order valence-corrected chi connectivity index (χ4v) is 2.75. The number of hydrogen-bond donors (Lipinski definition) is 2. The fourth-order valence-electron chi connectivity index (χ4n) is 2.75. The molecule has 1 heterocycles. The quantitative estimate of drug-likeness (QED) is 0.540. The van der Waals surface area contributed by atoms with Crippen LogP contribution < -0.4 is 5.32 Å². The maximum absolute atomic E-state index is 12.2. The van der Waals surface area contributed by atoms with E-state index in [1.807, 2.05) is 60.7 Å². The lowest BCUT2D eigenvalue weighted by Crippen LogP contribution is -2.37. The number of hydrogen-bond acceptors (Lipinski definition) is 6. The van der Waals surface area contributed by atoms with Crippen molar-refractivity contribution in [1.82, 2.24) is 10.3 Å². The first kappa shape index (κ1) is 20.3. The van der Waals surface area contributed by atoms with Crippen LogP contribution in [0.5, 0.6) is 0 Å². The zero-order chi connectivity index (χ0) is 20.5. The molecule has 2 N–H and O–H groups in total. The minimum Gasteiger partial charge on any atom is -0.456 e. The predicted octanol–water partition coefficient (Wildman–Crippen LogP) is 2.29. The number of carbonyl (C=O) groups is 2. The van der Waals surface area contributed by atoms with Crippen molar-refractivity contribution in [2.75, 3.05) is 6.54 Å². The smallest absolute Gasteiger partial charge is 0.360 e. The molecule has 2 aromatic carbocycles. The predicted molar refractivity (Wildman–Crippen MR) is 105 cm³/mol. The number of ether oxygens (including phenoxy) is 1.